The lowest BCUT2D eigenvalue weighted by atomic mass is 9.88. The SMILES string of the molecule is C=CCCCCOCC(CC)(CO)CO. The molecule has 0 amide bonds. The molecule has 0 saturated heterocycles. The van der Waals surface area contributed by atoms with Crippen LogP contribution >= 0.6 is 0 Å². The van der Waals surface area contributed by atoms with E-state index in [1.165, 1.54) is 0 Å². The van der Waals surface area contributed by atoms with Gasteiger partial charge in [0.2, 0.25) is 0 Å². The van der Waals surface area contributed by atoms with Gasteiger partial charge in [0, 0.05) is 12.0 Å². The number of rotatable bonds is 10. The molecule has 0 radical (unpaired) electrons. The average molecular weight is 216 g/mol. The van der Waals surface area contributed by atoms with Gasteiger partial charge >= 0.3 is 0 Å². The fourth-order valence-corrected chi connectivity index (χ4v) is 1.25. The average Bonchev–Trinajstić information content (AvgIpc) is 2.29. The number of unbranched alkanes of at least 4 members (excludes halogenated alkanes) is 2. The van der Waals surface area contributed by atoms with Gasteiger partial charge in [-0.2, -0.15) is 0 Å². The molecule has 3 heteroatoms. The highest BCUT2D eigenvalue weighted by Crippen LogP contribution is 2.20. The molecule has 0 aliphatic heterocycles. The molecule has 15 heavy (non-hydrogen) atoms. The number of aliphatic hydroxyl groups is 2. The van der Waals surface area contributed by atoms with E-state index < -0.39 is 5.41 Å². The third kappa shape index (κ3) is 5.92. The van der Waals surface area contributed by atoms with Crippen molar-refractivity contribution >= 4 is 0 Å². The van der Waals surface area contributed by atoms with Crippen LogP contribution in [0.2, 0.25) is 0 Å². The lowest BCUT2D eigenvalue weighted by Crippen LogP contribution is -2.34. The van der Waals surface area contributed by atoms with Crippen LogP contribution in [0.15, 0.2) is 12.7 Å². The Morgan fingerprint density at radius 2 is 1.93 bits per heavy atom. The zero-order valence-electron chi connectivity index (χ0n) is 9.74. The van der Waals surface area contributed by atoms with Gasteiger partial charge in [0.15, 0.2) is 0 Å². The Hall–Kier alpha value is -0.380. The Balaban J connectivity index is 3.58. The van der Waals surface area contributed by atoms with E-state index in [4.69, 9.17) is 14.9 Å². The van der Waals surface area contributed by atoms with Crippen molar-refractivity contribution in [2.75, 3.05) is 26.4 Å². The first-order chi connectivity index (χ1) is 7.24. The molecule has 2 N–H and O–H groups in total. The van der Waals surface area contributed by atoms with Gasteiger partial charge in [0.05, 0.1) is 19.8 Å². The first-order valence-electron chi connectivity index (χ1n) is 5.65. The molecule has 0 saturated carbocycles. The number of hydrogen-bond acceptors (Lipinski definition) is 3. The molecule has 0 unspecified atom stereocenters. The van der Waals surface area contributed by atoms with E-state index in [2.05, 4.69) is 6.58 Å². The Labute approximate surface area is 92.8 Å². The lowest BCUT2D eigenvalue weighted by molar-refractivity contribution is -0.0305. The fourth-order valence-electron chi connectivity index (χ4n) is 1.25. The number of hydrogen-bond donors (Lipinski definition) is 2. The minimum absolute atomic E-state index is 0.0212. The number of ether oxygens (including phenoxy) is 1. The van der Waals surface area contributed by atoms with E-state index >= 15 is 0 Å². The lowest BCUT2D eigenvalue weighted by Gasteiger charge is -2.27. The van der Waals surface area contributed by atoms with Gasteiger partial charge in [0.25, 0.3) is 0 Å². The topological polar surface area (TPSA) is 49.7 Å². The van der Waals surface area contributed by atoms with Crippen molar-refractivity contribution in [3.05, 3.63) is 12.7 Å². The van der Waals surface area contributed by atoms with E-state index in [0.29, 0.717) is 13.2 Å². The van der Waals surface area contributed by atoms with E-state index in [1.54, 1.807) is 0 Å². The summed E-state index contributed by atoms with van der Waals surface area (Å²) in [7, 11) is 0. The Morgan fingerprint density at radius 3 is 2.40 bits per heavy atom. The van der Waals surface area contributed by atoms with Crippen molar-refractivity contribution in [3.63, 3.8) is 0 Å². The molecular weight excluding hydrogens is 192 g/mol. The second-order valence-electron chi connectivity index (χ2n) is 4.01. The molecule has 0 aromatic carbocycles. The minimum Gasteiger partial charge on any atom is -0.396 e. The van der Waals surface area contributed by atoms with Crippen molar-refractivity contribution < 1.29 is 14.9 Å². The fraction of sp³-hybridized carbons (Fsp3) is 0.833. The van der Waals surface area contributed by atoms with Gasteiger partial charge in [-0.25, -0.2) is 0 Å². The molecule has 0 spiro atoms. The highest BCUT2D eigenvalue weighted by Gasteiger charge is 2.26. The normalized spacial score (nSPS) is 11.7. The van der Waals surface area contributed by atoms with Gasteiger partial charge in [-0.3, -0.25) is 0 Å². The molecule has 0 aromatic rings. The van der Waals surface area contributed by atoms with Gasteiger partial charge in [-0.05, 0) is 25.7 Å². The molecule has 0 atom stereocenters. The first-order valence-corrected chi connectivity index (χ1v) is 5.65. The monoisotopic (exact) mass is 216 g/mol. The molecule has 90 valence electrons. The van der Waals surface area contributed by atoms with Crippen molar-refractivity contribution in [3.8, 4) is 0 Å². The van der Waals surface area contributed by atoms with Crippen molar-refractivity contribution in [1.82, 2.24) is 0 Å². The summed E-state index contributed by atoms with van der Waals surface area (Å²) in [4.78, 5) is 0. The van der Waals surface area contributed by atoms with Crippen molar-refractivity contribution in [2.45, 2.75) is 32.6 Å². The zero-order chi connectivity index (χ0) is 11.6. The quantitative estimate of drug-likeness (QED) is 0.432. The Bertz CT molecular complexity index is 145. The maximum atomic E-state index is 9.16. The third-order valence-corrected chi connectivity index (χ3v) is 2.78. The van der Waals surface area contributed by atoms with Crippen molar-refractivity contribution in [1.29, 1.82) is 0 Å². The Kier molecular flexibility index (Phi) is 8.67. The maximum Gasteiger partial charge on any atom is 0.0566 e. The van der Waals surface area contributed by atoms with Crippen LogP contribution < -0.4 is 0 Å². The molecule has 0 aliphatic carbocycles. The molecule has 0 rings (SSSR count). The van der Waals surface area contributed by atoms with E-state index in [9.17, 15) is 0 Å². The number of allylic oxidation sites excluding steroid dienone is 1. The first kappa shape index (κ1) is 14.6. The molecule has 0 aromatic heterocycles. The maximum absolute atomic E-state index is 9.16. The van der Waals surface area contributed by atoms with Crippen LogP contribution in [0, 0.1) is 5.41 Å². The summed E-state index contributed by atoms with van der Waals surface area (Å²) in [5, 5.41) is 18.3. The highest BCUT2D eigenvalue weighted by molar-refractivity contribution is 4.75. The third-order valence-electron chi connectivity index (χ3n) is 2.78. The summed E-state index contributed by atoms with van der Waals surface area (Å²) in [5.74, 6) is 0. The van der Waals surface area contributed by atoms with Crippen LogP contribution in [0.25, 0.3) is 0 Å². The standard InChI is InChI=1S/C12H24O3/c1-3-5-6-7-8-15-11-12(4-2,9-13)10-14/h3,13-14H,1,4-11H2,2H3. The number of aliphatic hydroxyl groups excluding tert-OH is 2. The predicted molar refractivity (Wildman–Crippen MR) is 61.8 cm³/mol. The summed E-state index contributed by atoms with van der Waals surface area (Å²) in [5.41, 5.74) is -0.460. The summed E-state index contributed by atoms with van der Waals surface area (Å²) in [6, 6.07) is 0. The molecular formula is C12H24O3. The smallest absolute Gasteiger partial charge is 0.0566 e. The van der Waals surface area contributed by atoms with Crippen LogP contribution in [-0.2, 0) is 4.74 Å². The van der Waals surface area contributed by atoms with E-state index in [-0.39, 0.29) is 13.2 Å². The summed E-state index contributed by atoms with van der Waals surface area (Å²) in [6.07, 6.45) is 5.73. The Morgan fingerprint density at radius 1 is 1.27 bits per heavy atom. The van der Waals surface area contributed by atoms with Crippen molar-refractivity contribution in [2.24, 2.45) is 5.41 Å². The highest BCUT2D eigenvalue weighted by atomic mass is 16.5. The van der Waals surface area contributed by atoms with Crippen LogP contribution in [0.5, 0.6) is 0 Å². The van der Waals surface area contributed by atoms with Gasteiger partial charge in [-0.1, -0.05) is 13.0 Å². The molecule has 0 bridgehead atoms. The van der Waals surface area contributed by atoms with Gasteiger partial charge in [0.1, 0.15) is 0 Å². The second kappa shape index (κ2) is 8.89. The largest absolute Gasteiger partial charge is 0.396 e. The van der Waals surface area contributed by atoms with Gasteiger partial charge in [-0.15, -0.1) is 6.58 Å². The van der Waals surface area contributed by atoms with Gasteiger partial charge < -0.3 is 14.9 Å². The van der Waals surface area contributed by atoms with Crippen LogP contribution in [-0.4, -0.2) is 36.6 Å². The molecule has 3 nitrogen and oxygen atoms in total. The van der Waals surface area contributed by atoms with Crippen LogP contribution in [0.1, 0.15) is 32.6 Å². The minimum atomic E-state index is -0.460. The van der Waals surface area contributed by atoms with Crippen LogP contribution in [0.4, 0.5) is 0 Å². The molecule has 0 aliphatic rings. The summed E-state index contributed by atoms with van der Waals surface area (Å²) in [6.45, 7) is 6.69. The molecule has 0 heterocycles. The molecule has 0 fully saturated rings. The van der Waals surface area contributed by atoms with Crippen LogP contribution in [0.3, 0.4) is 0 Å². The predicted octanol–water partition coefficient (Wildman–Crippen LogP) is 1.74. The summed E-state index contributed by atoms with van der Waals surface area (Å²) >= 11 is 0. The van der Waals surface area contributed by atoms with E-state index in [1.807, 2.05) is 13.0 Å². The zero-order valence-corrected chi connectivity index (χ0v) is 9.74. The summed E-state index contributed by atoms with van der Waals surface area (Å²) < 4.78 is 5.46. The van der Waals surface area contributed by atoms with E-state index in [0.717, 1.165) is 25.7 Å². The second-order valence-corrected chi connectivity index (χ2v) is 4.01.